The standard InChI is InChI=1S/C17H27N5O2S/c1-13-15(7-17(8-18)20(13)4)11-21-9-14-5-6-16(21)12-22(10-14)25(23,24)19(2)3/h7,14,16H,5-6,9-12H2,1-4H3/t14-,16-/m1/s1. The van der Waals surface area contributed by atoms with Crippen molar-refractivity contribution in [3.63, 3.8) is 0 Å². The highest BCUT2D eigenvalue weighted by Crippen LogP contribution is 2.31. The fourth-order valence-corrected chi connectivity index (χ4v) is 5.22. The molecule has 0 spiro atoms. The van der Waals surface area contributed by atoms with E-state index in [1.165, 1.54) is 4.31 Å². The third-order valence-corrected chi connectivity index (χ3v) is 7.58. The summed E-state index contributed by atoms with van der Waals surface area (Å²) >= 11 is 0. The van der Waals surface area contributed by atoms with Crippen LogP contribution in [0.5, 0.6) is 0 Å². The maximum atomic E-state index is 12.6. The van der Waals surface area contributed by atoms with Crippen molar-refractivity contribution in [2.75, 3.05) is 33.7 Å². The molecule has 3 aliphatic heterocycles. The predicted octanol–water partition coefficient (Wildman–Crippen LogP) is 0.908. The molecule has 0 N–H and O–H groups in total. The number of rotatable bonds is 4. The van der Waals surface area contributed by atoms with Gasteiger partial charge >= 0.3 is 0 Å². The van der Waals surface area contributed by atoms with Gasteiger partial charge in [-0.2, -0.15) is 22.3 Å². The van der Waals surface area contributed by atoms with Gasteiger partial charge in [0, 0.05) is 59.1 Å². The molecule has 0 radical (unpaired) electrons. The summed E-state index contributed by atoms with van der Waals surface area (Å²) in [5, 5.41) is 9.23. The van der Waals surface area contributed by atoms with E-state index >= 15 is 0 Å². The van der Waals surface area contributed by atoms with Crippen LogP contribution in [-0.4, -0.2) is 66.3 Å². The van der Waals surface area contributed by atoms with Gasteiger partial charge in [0.25, 0.3) is 10.2 Å². The third-order valence-electron chi connectivity index (χ3n) is 5.71. The van der Waals surface area contributed by atoms with E-state index in [-0.39, 0.29) is 6.04 Å². The SMILES string of the molecule is Cc1c(CN2C[C@H]3CC[C@@H]2CN(S(=O)(=O)N(C)C)C3)cc(C#N)n1C. The monoisotopic (exact) mass is 365 g/mol. The molecule has 2 atom stereocenters. The number of nitrogens with zero attached hydrogens (tertiary/aromatic N) is 5. The van der Waals surface area contributed by atoms with Crippen LogP contribution in [0.25, 0.3) is 0 Å². The fourth-order valence-electron chi connectivity index (χ4n) is 4.00. The first-order valence-corrected chi connectivity index (χ1v) is 10.1. The Morgan fingerprint density at radius 1 is 1.28 bits per heavy atom. The molecule has 138 valence electrons. The van der Waals surface area contributed by atoms with E-state index in [1.54, 1.807) is 18.4 Å². The smallest absolute Gasteiger partial charge is 0.281 e. The molecule has 0 aromatic carbocycles. The van der Waals surface area contributed by atoms with Crippen molar-refractivity contribution < 1.29 is 8.42 Å². The Labute approximate surface area is 150 Å². The third kappa shape index (κ3) is 3.34. The molecular weight excluding hydrogens is 338 g/mol. The molecule has 7 nitrogen and oxygen atoms in total. The van der Waals surface area contributed by atoms with Gasteiger partial charge in [0.1, 0.15) is 11.8 Å². The lowest BCUT2D eigenvalue weighted by atomic mass is 9.94. The van der Waals surface area contributed by atoms with E-state index in [1.807, 2.05) is 24.6 Å². The summed E-state index contributed by atoms with van der Waals surface area (Å²) < 4.78 is 30.0. The first kappa shape index (κ1) is 18.4. The van der Waals surface area contributed by atoms with Crippen molar-refractivity contribution >= 4 is 10.2 Å². The molecule has 25 heavy (non-hydrogen) atoms. The number of aromatic nitrogens is 1. The lowest BCUT2D eigenvalue weighted by Gasteiger charge is -2.36. The zero-order valence-electron chi connectivity index (χ0n) is 15.4. The van der Waals surface area contributed by atoms with E-state index in [0.717, 1.165) is 37.2 Å². The van der Waals surface area contributed by atoms with Gasteiger partial charge in [-0.15, -0.1) is 0 Å². The summed E-state index contributed by atoms with van der Waals surface area (Å²) in [7, 11) is 1.73. The Morgan fingerprint density at radius 3 is 2.60 bits per heavy atom. The van der Waals surface area contributed by atoms with Crippen LogP contribution < -0.4 is 0 Å². The van der Waals surface area contributed by atoms with Crippen molar-refractivity contribution in [1.29, 1.82) is 5.26 Å². The maximum absolute atomic E-state index is 12.6. The zero-order chi connectivity index (χ0) is 18.4. The first-order chi connectivity index (χ1) is 11.7. The summed E-state index contributed by atoms with van der Waals surface area (Å²) in [6.07, 6.45) is 2.11. The number of hydrogen-bond donors (Lipinski definition) is 0. The van der Waals surface area contributed by atoms with Gasteiger partial charge in [0.05, 0.1) is 0 Å². The average molecular weight is 366 g/mol. The van der Waals surface area contributed by atoms with Crippen molar-refractivity contribution in [2.24, 2.45) is 13.0 Å². The van der Waals surface area contributed by atoms with Crippen LogP contribution in [0.4, 0.5) is 0 Å². The topological polar surface area (TPSA) is 72.6 Å². The van der Waals surface area contributed by atoms with Crippen molar-refractivity contribution in [3.05, 3.63) is 23.0 Å². The Bertz CT molecular complexity index is 793. The number of nitriles is 1. The predicted molar refractivity (Wildman–Crippen MR) is 96.0 cm³/mol. The van der Waals surface area contributed by atoms with Gasteiger partial charge in [-0.25, -0.2) is 0 Å². The van der Waals surface area contributed by atoms with E-state index in [9.17, 15) is 13.7 Å². The maximum Gasteiger partial charge on any atom is 0.281 e. The molecule has 2 bridgehead atoms. The molecule has 4 rings (SSSR count). The second kappa shape index (κ2) is 6.72. The van der Waals surface area contributed by atoms with Gasteiger partial charge in [-0.05, 0) is 37.3 Å². The van der Waals surface area contributed by atoms with E-state index in [0.29, 0.717) is 24.7 Å². The van der Waals surface area contributed by atoms with Crippen LogP contribution in [0.1, 0.15) is 29.8 Å². The van der Waals surface area contributed by atoms with Crippen LogP contribution in [0, 0.1) is 24.2 Å². The van der Waals surface area contributed by atoms with Crippen LogP contribution in [0.2, 0.25) is 0 Å². The molecule has 1 aromatic heterocycles. The van der Waals surface area contributed by atoms with Crippen LogP contribution in [-0.2, 0) is 23.8 Å². The fraction of sp³-hybridized carbons (Fsp3) is 0.706. The highest BCUT2D eigenvalue weighted by Gasteiger charge is 2.39. The van der Waals surface area contributed by atoms with Gasteiger partial charge in [-0.3, -0.25) is 4.90 Å². The lowest BCUT2D eigenvalue weighted by molar-refractivity contribution is 0.125. The number of fused-ring (bicyclic) bond motifs is 4. The molecule has 4 heterocycles. The quantitative estimate of drug-likeness (QED) is 0.795. The summed E-state index contributed by atoms with van der Waals surface area (Å²) in [4.78, 5) is 2.41. The summed E-state index contributed by atoms with van der Waals surface area (Å²) in [6.45, 7) is 4.88. The van der Waals surface area contributed by atoms with E-state index in [4.69, 9.17) is 0 Å². The second-order valence-electron chi connectivity index (χ2n) is 7.44. The van der Waals surface area contributed by atoms with E-state index < -0.39 is 10.2 Å². The molecule has 3 saturated heterocycles. The highest BCUT2D eigenvalue weighted by molar-refractivity contribution is 7.86. The normalized spacial score (nSPS) is 25.3. The van der Waals surface area contributed by atoms with Gasteiger partial charge in [0.15, 0.2) is 0 Å². The minimum atomic E-state index is -3.37. The molecule has 0 amide bonds. The van der Waals surface area contributed by atoms with Crippen molar-refractivity contribution in [1.82, 2.24) is 18.1 Å². The summed E-state index contributed by atoms with van der Waals surface area (Å²) in [5.41, 5.74) is 2.94. The Hall–Kier alpha value is -1.40. The Morgan fingerprint density at radius 2 is 2.00 bits per heavy atom. The molecule has 1 aromatic rings. The molecular formula is C17H27N5O2S. The minimum Gasteiger partial charge on any atom is -0.340 e. The summed E-state index contributed by atoms with van der Waals surface area (Å²) in [6, 6.07) is 4.43. The van der Waals surface area contributed by atoms with Crippen molar-refractivity contribution in [3.8, 4) is 6.07 Å². The molecule has 0 saturated carbocycles. The summed E-state index contributed by atoms with van der Waals surface area (Å²) in [5.74, 6) is 0.368. The molecule has 3 aliphatic rings. The molecule has 0 aliphatic carbocycles. The average Bonchev–Trinajstić information content (AvgIpc) is 2.77. The Kier molecular flexibility index (Phi) is 4.95. The van der Waals surface area contributed by atoms with Crippen molar-refractivity contribution in [2.45, 2.75) is 32.4 Å². The first-order valence-electron chi connectivity index (χ1n) is 8.71. The lowest BCUT2D eigenvalue weighted by Crippen LogP contribution is -2.45. The minimum absolute atomic E-state index is 0.235. The molecule has 3 fully saturated rings. The molecule has 0 unspecified atom stereocenters. The van der Waals surface area contributed by atoms with Gasteiger partial charge in [-0.1, -0.05) is 0 Å². The largest absolute Gasteiger partial charge is 0.340 e. The zero-order valence-corrected chi connectivity index (χ0v) is 16.3. The van der Waals surface area contributed by atoms with Crippen LogP contribution >= 0.6 is 0 Å². The number of piperidine rings is 1. The number of hydrogen-bond acceptors (Lipinski definition) is 4. The molecule has 8 heteroatoms. The highest BCUT2D eigenvalue weighted by atomic mass is 32.2. The Balaban J connectivity index is 1.81. The van der Waals surface area contributed by atoms with Gasteiger partial charge < -0.3 is 4.57 Å². The van der Waals surface area contributed by atoms with E-state index in [2.05, 4.69) is 11.0 Å². The second-order valence-corrected chi connectivity index (χ2v) is 9.59. The van der Waals surface area contributed by atoms with Crippen LogP contribution in [0.15, 0.2) is 6.07 Å². The van der Waals surface area contributed by atoms with Gasteiger partial charge in [0.2, 0.25) is 0 Å². The van der Waals surface area contributed by atoms with Crippen LogP contribution in [0.3, 0.4) is 0 Å².